The summed E-state index contributed by atoms with van der Waals surface area (Å²) in [6.07, 6.45) is 0. The van der Waals surface area contributed by atoms with Crippen LogP contribution in [0.5, 0.6) is 5.75 Å². The summed E-state index contributed by atoms with van der Waals surface area (Å²) >= 11 is 0. The van der Waals surface area contributed by atoms with Crippen molar-refractivity contribution in [3.63, 3.8) is 0 Å². The summed E-state index contributed by atoms with van der Waals surface area (Å²) < 4.78 is 5.62. The Kier molecular flexibility index (Phi) is 4.61. The van der Waals surface area contributed by atoms with Crippen molar-refractivity contribution < 1.29 is 14.3 Å². The molecule has 0 fully saturated rings. The average molecular weight is 335 g/mol. The molecule has 0 saturated heterocycles. The molecular weight excluding hydrogens is 318 g/mol. The van der Waals surface area contributed by atoms with Crippen LogP contribution < -0.4 is 15.8 Å². The third kappa shape index (κ3) is 3.92. The van der Waals surface area contributed by atoms with Gasteiger partial charge in [0.15, 0.2) is 6.61 Å². The summed E-state index contributed by atoms with van der Waals surface area (Å²) in [5.41, 5.74) is 7.72. The van der Waals surface area contributed by atoms with E-state index in [1.54, 1.807) is 30.3 Å². The van der Waals surface area contributed by atoms with Gasteiger partial charge in [-0.15, -0.1) is 0 Å². The zero-order valence-electron chi connectivity index (χ0n) is 13.7. The highest BCUT2D eigenvalue weighted by Crippen LogP contribution is 2.23. The van der Waals surface area contributed by atoms with Crippen LogP contribution in [0.1, 0.15) is 16.1 Å². The number of benzene rings is 2. The van der Waals surface area contributed by atoms with Gasteiger partial charge in [-0.3, -0.25) is 9.59 Å². The number of amides is 2. The molecule has 0 atom stereocenters. The number of hydrogen-bond acceptors (Lipinski definition) is 4. The zero-order chi connectivity index (χ0) is 17.8. The number of ether oxygens (including phenoxy) is 1. The first-order valence-corrected chi connectivity index (χ1v) is 7.72. The lowest BCUT2D eigenvalue weighted by Crippen LogP contribution is -2.20. The average Bonchev–Trinajstić information content (AvgIpc) is 2.60. The molecule has 3 aromatic rings. The highest BCUT2D eigenvalue weighted by atomic mass is 16.5. The Morgan fingerprint density at radius 3 is 2.56 bits per heavy atom. The normalized spacial score (nSPS) is 10.4. The Morgan fingerprint density at radius 2 is 1.84 bits per heavy atom. The summed E-state index contributed by atoms with van der Waals surface area (Å²) in [7, 11) is 0. The SMILES string of the molecule is Cc1ccc2cccc(OCC(=O)Nc3ccc(C(N)=O)cc3)c2n1. The minimum Gasteiger partial charge on any atom is -0.481 e. The number of fused-ring (bicyclic) bond motifs is 1. The van der Waals surface area contributed by atoms with Gasteiger partial charge in [0.1, 0.15) is 11.3 Å². The number of primary amides is 1. The number of carbonyl (C=O) groups is 2. The maximum atomic E-state index is 12.1. The number of para-hydroxylation sites is 1. The van der Waals surface area contributed by atoms with Crippen LogP contribution in [-0.4, -0.2) is 23.4 Å². The molecule has 126 valence electrons. The number of aryl methyl sites for hydroxylation is 1. The van der Waals surface area contributed by atoms with Gasteiger partial charge in [-0.2, -0.15) is 0 Å². The fourth-order valence-corrected chi connectivity index (χ4v) is 2.39. The monoisotopic (exact) mass is 335 g/mol. The number of aromatic nitrogens is 1. The van der Waals surface area contributed by atoms with Gasteiger partial charge in [0.2, 0.25) is 5.91 Å². The van der Waals surface area contributed by atoms with Crippen LogP contribution in [-0.2, 0) is 4.79 Å². The van der Waals surface area contributed by atoms with Gasteiger partial charge in [0, 0.05) is 22.3 Å². The van der Waals surface area contributed by atoms with Gasteiger partial charge in [0.25, 0.3) is 5.91 Å². The van der Waals surface area contributed by atoms with Crippen molar-refractivity contribution in [2.75, 3.05) is 11.9 Å². The molecule has 3 N–H and O–H groups in total. The first kappa shape index (κ1) is 16.4. The van der Waals surface area contributed by atoms with Crippen molar-refractivity contribution in [2.45, 2.75) is 6.92 Å². The van der Waals surface area contributed by atoms with E-state index in [1.165, 1.54) is 0 Å². The fourth-order valence-electron chi connectivity index (χ4n) is 2.39. The van der Waals surface area contributed by atoms with Crippen molar-refractivity contribution in [3.05, 3.63) is 65.9 Å². The van der Waals surface area contributed by atoms with E-state index in [-0.39, 0.29) is 12.5 Å². The van der Waals surface area contributed by atoms with Crippen LogP contribution in [0.3, 0.4) is 0 Å². The largest absolute Gasteiger partial charge is 0.481 e. The van der Waals surface area contributed by atoms with Crippen LogP contribution >= 0.6 is 0 Å². The summed E-state index contributed by atoms with van der Waals surface area (Å²) in [5.74, 6) is -0.267. The predicted molar refractivity (Wildman–Crippen MR) is 95.6 cm³/mol. The first-order valence-electron chi connectivity index (χ1n) is 7.72. The highest BCUT2D eigenvalue weighted by Gasteiger charge is 2.08. The lowest BCUT2D eigenvalue weighted by Gasteiger charge is -2.10. The molecule has 2 amide bonds. The van der Waals surface area contributed by atoms with Gasteiger partial charge < -0.3 is 15.8 Å². The molecule has 1 heterocycles. The molecule has 0 spiro atoms. The fraction of sp³-hybridized carbons (Fsp3) is 0.105. The third-order valence-corrected chi connectivity index (χ3v) is 3.63. The van der Waals surface area contributed by atoms with Crippen molar-refractivity contribution in [1.82, 2.24) is 4.98 Å². The molecule has 0 aliphatic rings. The van der Waals surface area contributed by atoms with Crippen molar-refractivity contribution in [3.8, 4) is 5.75 Å². The molecule has 3 rings (SSSR count). The molecule has 2 aromatic carbocycles. The molecular formula is C19H17N3O3. The number of nitrogens with two attached hydrogens (primary N) is 1. The smallest absolute Gasteiger partial charge is 0.262 e. The summed E-state index contributed by atoms with van der Waals surface area (Å²) in [4.78, 5) is 27.6. The second-order valence-corrected chi connectivity index (χ2v) is 5.56. The van der Waals surface area contributed by atoms with Crippen molar-refractivity contribution in [2.24, 2.45) is 5.73 Å². The highest BCUT2D eigenvalue weighted by molar-refractivity contribution is 5.95. The van der Waals surface area contributed by atoms with Crippen LogP contribution in [0, 0.1) is 6.92 Å². The lowest BCUT2D eigenvalue weighted by atomic mass is 10.2. The molecule has 0 aliphatic heterocycles. The second kappa shape index (κ2) is 7.00. The molecule has 0 bridgehead atoms. The number of hydrogen-bond donors (Lipinski definition) is 2. The molecule has 0 radical (unpaired) electrons. The van der Waals surface area contributed by atoms with Gasteiger partial charge >= 0.3 is 0 Å². The molecule has 0 saturated carbocycles. The molecule has 0 aliphatic carbocycles. The quantitative estimate of drug-likeness (QED) is 0.749. The summed E-state index contributed by atoms with van der Waals surface area (Å²) in [6.45, 7) is 1.75. The summed E-state index contributed by atoms with van der Waals surface area (Å²) in [5, 5.41) is 3.65. The number of rotatable bonds is 5. The third-order valence-electron chi connectivity index (χ3n) is 3.63. The Labute approximate surface area is 144 Å². The van der Waals surface area contributed by atoms with E-state index in [9.17, 15) is 9.59 Å². The van der Waals surface area contributed by atoms with E-state index in [0.717, 1.165) is 16.6 Å². The van der Waals surface area contributed by atoms with E-state index >= 15 is 0 Å². The number of anilines is 1. The zero-order valence-corrected chi connectivity index (χ0v) is 13.7. The predicted octanol–water partition coefficient (Wildman–Crippen LogP) is 2.66. The Balaban J connectivity index is 1.66. The molecule has 6 nitrogen and oxygen atoms in total. The Morgan fingerprint density at radius 1 is 1.08 bits per heavy atom. The lowest BCUT2D eigenvalue weighted by molar-refractivity contribution is -0.118. The molecule has 6 heteroatoms. The maximum Gasteiger partial charge on any atom is 0.262 e. The van der Waals surface area contributed by atoms with Crippen LogP contribution in [0.2, 0.25) is 0 Å². The number of nitrogens with zero attached hydrogens (tertiary/aromatic N) is 1. The topological polar surface area (TPSA) is 94.3 Å². The van der Waals surface area contributed by atoms with Gasteiger partial charge in [0.05, 0.1) is 0 Å². The number of nitrogens with one attached hydrogen (secondary N) is 1. The van der Waals surface area contributed by atoms with E-state index in [1.807, 2.05) is 31.2 Å². The van der Waals surface area contributed by atoms with Gasteiger partial charge in [-0.1, -0.05) is 18.2 Å². The second-order valence-electron chi connectivity index (χ2n) is 5.56. The van der Waals surface area contributed by atoms with Crippen LogP contribution in [0.15, 0.2) is 54.6 Å². The van der Waals surface area contributed by atoms with Crippen LogP contribution in [0.4, 0.5) is 5.69 Å². The van der Waals surface area contributed by atoms with E-state index in [0.29, 0.717) is 17.0 Å². The van der Waals surface area contributed by atoms with Crippen molar-refractivity contribution >= 4 is 28.4 Å². The summed E-state index contributed by atoms with van der Waals surface area (Å²) in [6, 6.07) is 15.8. The van der Waals surface area contributed by atoms with E-state index < -0.39 is 5.91 Å². The molecule has 0 unspecified atom stereocenters. The standard InChI is InChI=1S/C19H17N3O3/c1-12-5-6-13-3-2-4-16(18(13)21-12)25-11-17(23)22-15-9-7-14(8-10-15)19(20)24/h2-10H,11H2,1H3,(H2,20,24)(H,22,23). The number of pyridine rings is 1. The van der Waals surface area contributed by atoms with Crippen LogP contribution in [0.25, 0.3) is 10.9 Å². The van der Waals surface area contributed by atoms with Crippen molar-refractivity contribution in [1.29, 1.82) is 0 Å². The molecule has 25 heavy (non-hydrogen) atoms. The maximum absolute atomic E-state index is 12.1. The number of carbonyl (C=O) groups excluding carboxylic acids is 2. The Bertz CT molecular complexity index is 936. The minimum atomic E-state index is -0.514. The minimum absolute atomic E-state index is 0.147. The van der Waals surface area contributed by atoms with Gasteiger partial charge in [-0.25, -0.2) is 4.98 Å². The van der Waals surface area contributed by atoms with Gasteiger partial charge in [-0.05, 0) is 43.3 Å². The Hall–Kier alpha value is -3.41. The van der Waals surface area contributed by atoms with E-state index in [2.05, 4.69) is 10.3 Å². The molecule has 1 aromatic heterocycles. The first-order chi connectivity index (χ1) is 12.0. The van der Waals surface area contributed by atoms with E-state index in [4.69, 9.17) is 10.5 Å².